The summed E-state index contributed by atoms with van der Waals surface area (Å²) in [6, 6.07) is 28.1. The van der Waals surface area contributed by atoms with E-state index in [1.54, 1.807) is 6.92 Å². The van der Waals surface area contributed by atoms with E-state index in [-0.39, 0.29) is 39.1 Å². The number of carbonyl (C=O) groups is 5. The number of aliphatic hydroxyl groups is 4. The smallest absolute Gasteiger partial charge is 0.481 e. The Morgan fingerprint density at radius 3 is 1.45 bits per heavy atom. The lowest BCUT2D eigenvalue weighted by molar-refractivity contribution is -0.167. The molecule has 0 aliphatic carbocycles. The number of carboxylic acids is 1. The summed E-state index contributed by atoms with van der Waals surface area (Å²) in [5.41, 5.74) is -0.778. The summed E-state index contributed by atoms with van der Waals surface area (Å²) in [5.74, 6) is -2.25. The van der Waals surface area contributed by atoms with E-state index >= 15 is 0 Å². The van der Waals surface area contributed by atoms with Crippen LogP contribution in [0.25, 0.3) is 0 Å². The van der Waals surface area contributed by atoms with E-state index in [0.29, 0.717) is 6.42 Å². The van der Waals surface area contributed by atoms with Crippen LogP contribution in [0.1, 0.15) is 45.7 Å². The molecule has 0 spiro atoms. The van der Waals surface area contributed by atoms with Crippen molar-refractivity contribution in [3.8, 4) is 0 Å². The zero-order chi connectivity index (χ0) is 40.6. The third-order valence-corrected chi connectivity index (χ3v) is 7.58. The molecule has 0 atom stereocenters. The highest BCUT2D eigenvalue weighted by molar-refractivity contribution is 5.79. The topological polar surface area (TPSA) is 223 Å². The molecule has 1 heterocycles. The molecule has 14 nitrogen and oxygen atoms in total. The van der Waals surface area contributed by atoms with Crippen LogP contribution in [-0.2, 0) is 57.8 Å². The SMILES string of the molecule is CC(CO)(CO)C(=O)O.CC(CO)(CO)C(=O)OCc1ccccc1.CC1(C(=O)OCc2ccccc2)COC(=O)OC1.[3H]CC(=O)Cc1ccccc1. The minimum Gasteiger partial charge on any atom is -0.481 e. The van der Waals surface area contributed by atoms with Gasteiger partial charge in [-0.3, -0.25) is 19.2 Å². The number of ketones is 1. The number of hydrogen-bond donors (Lipinski definition) is 5. The molecule has 1 fully saturated rings. The van der Waals surface area contributed by atoms with Crippen molar-refractivity contribution in [2.75, 3.05) is 39.6 Å². The van der Waals surface area contributed by atoms with Crippen LogP contribution in [0.2, 0.25) is 0 Å². The van der Waals surface area contributed by atoms with Gasteiger partial charge in [-0.15, -0.1) is 0 Å². The van der Waals surface area contributed by atoms with Gasteiger partial charge in [0.1, 0.15) is 48.5 Å². The quantitative estimate of drug-likeness (QED) is 0.125. The van der Waals surface area contributed by atoms with Crippen molar-refractivity contribution >= 4 is 29.8 Å². The number of Topliss-reactive ketones (excluding diaryl/α,β-unsaturated/α-hetero) is 1. The zero-order valence-corrected chi connectivity index (χ0v) is 30.1. The van der Waals surface area contributed by atoms with Crippen LogP contribution in [-0.4, -0.2) is 95.0 Å². The average molecular weight is 745 g/mol. The Hall–Kier alpha value is -5.15. The third kappa shape index (κ3) is 16.8. The van der Waals surface area contributed by atoms with Crippen molar-refractivity contribution in [3.63, 3.8) is 0 Å². The predicted molar refractivity (Wildman–Crippen MR) is 191 cm³/mol. The number of aliphatic hydroxyl groups excluding tert-OH is 4. The van der Waals surface area contributed by atoms with Crippen molar-refractivity contribution < 1.29 is 69.8 Å². The number of rotatable bonds is 13. The number of cyclic esters (lactones) is 2. The second kappa shape index (κ2) is 23.4. The Kier molecular flexibility index (Phi) is 19.4. The van der Waals surface area contributed by atoms with Gasteiger partial charge < -0.3 is 44.5 Å². The second-order valence-corrected chi connectivity index (χ2v) is 12.8. The highest BCUT2D eigenvalue weighted by Crippen LogP contribution is 2.24. The molecule has 0 aromatic heterocycles. The third-order valence-electron chi connectivity index (χ3n) is 7.58. The van der Waals surface area contributed by atoms with Crippen molar-refractivity contribution in [1.82, 2.24) is 0 Å². The summed E-state index contributed by atoms with van der Waals surface area (Å²) in [5, 5.41) is 43.1. The Labute approximate surface area is 310 Å². The molecule has 4 rings (SSSR count). The molecule has 3 aromatic carbocycles. The average Bonchev–Trinajstić information content (AvgIpc) is 3.21. The van der Waals surface area contributed by atoms with Crippen LogP contribution in [0.5, 0.6) is 0 Å². The van der Waals surface area contributed by atoms with Gasteiger partial charge in [0, 0.05) is 7.79 Å². The van der Waals surface area contributed by atoms with E-state index in [1.165, 1.54) is 13.8 Å². The van der Waals surface area contributed by atoms with Gasteiger partial charge in [0.2, 0.25) is 0 Å². The van der Waals surface area contributed by atoms with Gasteiger partial charge in [0.05, 0.1) is 26.4 Å². The van der Waals surface area contributed by atoms with Crippen molar-refractivity contribution in [1.29, 1.82) is 0 Å². The lowest BCUT2D eigenvalue weighted by Crippen LogP contribution is -2.44. The van der Waals surface area contributed by atoms with E-state index in [1.807, 2.05) is 91.0 Å². The number of benzene rings is 3. The van der Waals surface area contributed by atoms with Gasteiger partial charge in [-0.2, -0.15) is 0 Å². The minimum absolute atomic E-state index is 0.0144. The van der Waals surface area contributed by atoms with Crippen LogP contribution in [0.4, 0.5) is 4.79 Å². The molecule has 3 aromatic rings. The molecule has 1 aliphatic rings. The molecule has 1 aliphatic heterocycles. The lowest BCUT2D eigenvalue weighted by Gasteiger charge is -2.29. The maximum Gasteiger partial charge on any atom is 0.508 e. The fraction of sp³-hybridized carbons (Fsp3) is 0.410. The summed E-state index contributed by atoms with van der Waals surface area (Å²) >= 11 is 0. The number of aliphatic carboxylic acids is 1. The van der Waals surface area contributed by atoms with Crippen LogP contribution >= 0.6 is 0 Å². The van der Waals surface area contributed by atoms with Gasteiger partial charge in [0.15, 0.2) is 0 Å². The molecular weight excluding hydrogens is 692 g/mol. The van der Waals surface area contributed by atoms with Crippen LogP contribution in [0.3, 0.4) is 0 Å². The summed E-state index contributed by atoms with van der Waals surface area (Å²) in [6.45, 7) is 2.63. The first kappa shape index (κ1) is 44.0. The summed E-state index contributed by atoms with van der Waals surface area (Å²) < 4.78 is 26.4. The van der Waals surface area contributed by atoms with Crippen molar-refractivity contribution in [2.24, 2.45) is 16.2 Å². The first-order chi connectivity index (χ1) is 25.6. The molecule has 14 heteroatoms. The Morgan fingerprint density at radius 1 is 0.698 bits per heavy atom. The molecule has 0 saturated carbocycles. The van der Waals surface area contributed by atoms with Gasteiger partial charge >= 0.3 is 24.1 Å². The number of carboxylic acid groups (broad SMARTS) is 1. The standard InChI is InChI=1S/C13H14O5.C12H16O4.C9H10O.C5H10O4/c1-13(8-17-12(15)18-9-13)11(14)16-7-10-5-3-2-4-6-10;1-12(8-13,9-14)11(15)16-7-10-5-3-2-4-6-10;1-8(10)7-9-5-3-2-4-6-9;1-5(2-6,3-7)4(8)9/h2-6H,7-9H2,1H3;2-6,13-14H,7-9H2,1H3;2-6H,7H2,1H3;6-7H,2-3H2,1H3,(H,8,9)/i;;1T;. The molecule has 0 bridgehead atoms. The lowest BCUT2D eigenvalue weighted by atomic mass is 9.93. The van der Waals surface area contributed by atoms with Gasteiger partial charge in [-0.1, -0.05) is 91.0 Å². The molecule has 53 heavy (non-hydrogen) atoms. The molecule has 1 saturated heterocycles. The summed E-state index contributed by atoms with van der Waals surface area (Å²) in [4.78, 5) is 55.2. The second-order valence-electron chi connectivity index (χ2n) is 12.8. The maximum atomic E-state index is 11.9. The first-order valence-electron chi connectivity index (χ1n) is 17.1. The number of esters is 2. The van der Waals surface area contributed by atoms with E-state index in [4.69, 9.17) is 45.9 Å². The molecule has 290 valence electrons. The summed E-state index contributed by atoms with van der Waals surface area (Å²) in [6.07, 6.45) is -0.354. The largest absolute Gasteiger partial charge is 0.508 e. The Bertz CT molecular complexity index is 1550. The molecular formula is C39H50O14. The predicted octanol–water partition coefficient (Wildman–Crippen LogP) is 3.50. The Balaban J connectivity index is 0.000000373. The molecule has 5 N–H and O–H groups in total. The zero-order valence-electron chi connectivity index (χ0n) is 31.1. The van der Waals surface area contributed by atoms with E-state index in [9.17, 15) is 24.0 Å². The fourth-order valence-electron chi connectivity index (χ4n) is 3.62. The maximum absolute atomic E-state index is 11.9. The number of hydrogen-bond acceptors (Lipinski definition) is 13. The van der Waals surface area contributed by atoms with Crippen LogP contribution in [0, 0.1) is 16.2 Å². The van der Waals surface area contributed by atoms with Gasteiger partial charge in [-0.05, 0) is 44.4 Å². The highest BCUT2D eigenvalue weighted by atomic mass is 16.7. The van der Waals surface area contributed by atoms with E-state index in [2.05, 4.69) is 0 Å². The fourth-order valence-corrected chi connectivity index (χ4v) is 3.62. The van der Waals surface area contributed by atoms with Crippen molar-refractivity contribution in [3.05, 3.63) is 108 Å². The van der Waals surface area contributed by atoms with Crippen LogP contribution in [0.15, 0.2) is 91.0 Å². The number of carbonyl (C=O) groups excluding carboxylic acids is 4. The monoisotopic (exact) mass is 744 g/mol. The van der Waals surface area contributed by atoms with E-state index in [0.717, 1.165) is 16.7 Å². The van der Waals surface area contributed by atoms with Crippen LogP contribution < -0.4 is 0 Å². The highest BCUT2D eigenvalue weighted by Gasteiger charge is 2.42. The number of ether oxygens (including phenoxy) is 4. The molecule has 0 amide bonds. The Morgan fingerprint density at radius 2 is 1.09 bits per heavy atom. The van der Waals surface area contributed by atoms with Gasteiger partial charge in [-0.25, -0.2) is 4.79 Å². The normalized spacial score (nSPS) is 13.3. The first-order valence-corrected chi connectivity index (χ1v) is 16.4. The van der Waals surface area contributed by atoms with Crippen molar-refractivity contribution in [2.45, 2.75) is 47.3 Å². The van der Waals surface area contributed by atoms with Gasteiger partial charge in [0.25, 0.3) is 0 Å². The summed E-state index contributed by atoms with van der Waals surface area (Å²) in [7, 11) is 0. The molecule has 0 radical (unpaired) electrons. The molecule has 0 unspecified atom stereocenters. The minimum atomic E-state index is -1.39. The van der Waals surface area contributed by atoms with E-state index < -0.39 is 66.7 Å².